The van der Waals surface area contributed by atoms with Gasteiger partial charge in [-0.3, -0.25) is 14.5 Å². The lowest BCUT2D eigenvalue weighted by Crippen LogP contribution is -2.65. The molecule has 1 fully saturated rings. The molecule has 0 spiro atoms. The number of carbonyl (C=O) groups is 2. The number of carbonyl (C=O) groups excluding carboxylic acids is 2. The van der Waals surface area contributed by atoms with Gasteiger partial charge in [0.2, 0.25) is 0 Å². The lowest BCUT2D eigenvalue weighted by Gasteiger charge is -2.56. The molecule has 162 valence electrons. The number of hydrogen-bond acceptors (Lipinski definition) is 4. The minimum absolute atomic E-state index is 0.0585. The van der Waals surface area contributed by atoms with Crippen molar-refractivity contribution < 1.29 is 19.1 Å². The van der Waals surface area contributed by atoms with Gasteiger partial charge in [-0.2, -0.15) is 0 Å². The normalized spacial score (nSPS) is 20.1. The van der Waals surface area contributed by atoms with Gasteiger partial charge >= 0.3 is 11.8 Å². The van der Waals surface area contributed by atoms with E-state index in [1.807, 2.05) is 6.92 Å². The zero-order chi connectivity index (χ0) is 22.0. The summed E-state index contributed by atoms with van der Waals surface area (Å²) in [5.41, 5.74) is -0.381. The number of amides is 2. The van der Waals surface area contributed by atoms with Gasteiger partial charge in [0.05, 0.1) is 11.1 Å². The fraction of sp³-hybridized carbons (Fsp3) is 0.619. The van der Waals surface area contributed by atoms with Gasteiger partial charge in [0.15, 0.2) is 0 Å². The summed E-state index contributed by atoms with van der Waals surface area (Å²) in [7, 11) is 0. The average Bonchev–Trinajstić information content (AvgIpc) is 2.60. The Kier molecular flexibility index (Phi) is 7.30. The van der Waals surface area contributed by atoms with Crippen molar-refractivity contribution in [3.05, 3.63) is 29.0 Å². The number of rotatable bonds is 5. The van der Waals surface area contributed by atoms with Gasteiger partial charge in [0.1, 0.15) is 5.82 Å². The van der Waals surface area contributed by atoms with E-state index in [1.165, 1.54) is 12.1 Å². The van der Waals surface area contributed by atoms with Crippen molar-refractivity contribution >= 4 is 29.1 Å². The first-order chi connectivity index (χ1) is 13.4. The monoisotopic (exact) mass is 427 g/mol. The fourth-order valence-corrected chi connectivity index (χ4v) is 4.38. The van der Waals surface area contributed by atoms with Crippen LogP contribution in [-0.2, 0) is 9.59 Å². The van der Waals surface area contributed by atoms with E-state index in [0.29, 0.717) is 25.8 Å². The molecule has 1 aromatic carbocycles. The molecule has 2 amide bonds. The van der Waals surface area contributed by atoms with Crippen LogP contribution < -0.4 is 10.6 Å². The second kappa shape index (κ2) is 8.98. The highest BCUT2D eigenvalue weighted by Crippen LogP contribution is 2.38. The van der Waals surface area contributed by atoms with Gasteiger partial charge in [0.25, 0.3) is 0 Å². The minimum atomic E-state index is -0.855. The molecule has 1 aliphatic rings. The van der Waals surface area contributed by atoms with E-state index in [-0.39, 0.29) is 27.8 Å². The van der Waals surface area contributed by atoms with Crippen molar-refractivity contribution in [3.8, 4) is 0 Å². The third-order valence-corrected chi connectivity index (χ3v) is 5.84. The zero-order valence-corrected chi connectivity index (χ0v) is 18.4. The van der Waals surface area contributed by atoms with E-state index < -0.39 is 23.7 Å². The molecule has 0 radical (unpaired) electrons. The van der Waals surface area contributed by atoms with Crippen LogP contribution in [0, 0.1) is 5.82 Å². The van der Waals surface area contributed by atoms with Gasteiger partial charge in [0, 0.05) is 29.4 Å². The summed E-state index contributed by atoms with van der Waals surface area (Å²) >= 11 is 5.63. The summed E-state index contributed by atoms with van der Waals surface area (Å²) in [4.78, 5) is 26.9. The summed E-state index contributed by atoms with van der Waals surface area (Å²) in [6.45, 7) is 10.8. The maximum absolute atomic E-state index is 13.5. The van der Waals surface area contributed by atoms with Crippen LogP contribution in [-0.4, -0.2) is 51.6 Å². The van der Waals surface area contributed by atoms with E-state index in [0.717, 1.165) is 6.07 Å². The second-order valence-electron chi connectivity index (χ2n) is 8.96. The Hall–Kier alpha value is -1.70. The lowest BCUT2D eigenvalue weighted by atomic mass is 9.76. The largest absolute Gasteiger partial charge is 0.392 e. The third-order valence-electron chi connectivity index (χ3n) is 5.54. The number of nitrogens with one attached hydrogen (secondary N) is 2. The number of aliphatic hydroxyl groups excluding tert-OH is 1. The number of piperidine rings is 1. The molecule has 1 aromatic rings. The van der Waals surface area contributed by atoms with Crippen molar-refractivity contribution in [2.75, 3.05) is 11.9 Å². The Morgan fingerprint density at radius 3 is 2.34 bits per heavy atom. The molecule has 1 unspecified atom stereocenters. The molecular weight excluding hydrogens is 397 g/mol. The Balaban J connectivity index is 2.03. The number of halogens is 2. The predicted molar refractivity (Wildman–Crippen MR) is 112 cm³/mol. The fourth-order valence-electron chi connectivity index (χ4n) is 4.27. The van der Waals surface area contributed by atoms with Crippen LogP contribution >= 0.6 is 11.6 Å². The molecule has 1 heterocycles. The second-order valence-corrected chi connectivity index (χ2v) is 9.37. The van der Waals surface area contributed by atoms with Crippen LogP contribution in [0.4, 0.5) is 10.1 Å². The average molecular weight is 428 g/mol. The molecule has 0 aliphatic carbocycles. The highest BCUT2D eigenvalue weighted by Gasteiger charge is 2.46. The first-order valence-electron chi connectivity index (χ1n) is 9.88. The first kappa shape index (κ1) is 23.6. The van der Waals surface area contributed by atoms with E-state index >= 15 is 0 Å². The zero-order valence-electron chi connectivity index (χ0n) is 17.7. The maximum Gasteiger partial charge on any atom is 0.313 e. The number of β-amino-alcohol motifs (C(OH)–C–C–N with tert-alkyl or cyclic N) is 1. The topological polar surface area (TPSA) is 81.7 Å². The molecule has 0 aromatic heterocycles. The molecule has 8 heteroatoms. The molecule has 0 bridgehead atoms. The summed E-state index contributed by atoms with van der Waals surface area (Å²) in [5, 5.41) is 15.3. The molecule has 1 atom stereocenters. The molecular formula is C21H31ClFN3O3. The van der Waals surface area contributed by atoms with Gasteiger partial charge in [-0.15, -0.1) is 0 Å². The van der Waals surface area contributed by atoms with Crippen LogP contribution in [0.1, 0.15) is 53.9 Å². The van der Waals surface area contributed by atoms with Crippen molar-refractivity contribution in [1.29, 1.82) is 0 Å². The standard InChI is InChI=1S/C21H31ClFN3O3/c1-6-15(27)12-26-20(2,3)10-14(11-21(26,4)5)25-19(29)18(28)24-13-7-8-16(22)17(23)9-13/h7-9,14-15,27H,6,10-12H2,1-5H3,(H,24,28)(H,25,29). The van der Waals surface area contributed by atoms with Gasteiger partial charge in [-0.1, -0.05) is 18.5 Å². The van der Waals surface area contributed by atoms with E-state index in [1.54, 1.807) is 0 Å². The van der Waals surface area contributed by atoms with Crippen LogP contribution in [0.3, 0.4) is 0 Å². The minimum Gasteiger partial charge on any atom is -0.392 e. The van der Waals surface area contributed by atoms with Crippen molar-refractivity contribution in [3.63, 3.8) is 0 Å². The molecule has 3 N–H and O–H groups in total. The molecule has 29 heavy (non-hydrogen) atoms. The lowest BCUT2D eigenvalue weighted by molar-refractivity contribution is -0.138. The Morgan fingerprint density at radius 1 is 1.24 bits per heavy atom. The quantitative estimate of drug-likeness (QED) is 0.629. The van der Waals surface area contributed by atoms with E-state index in [4.69, 9.17) is 11.6 Å². The van der Waals surface area contributed by atoms with Gasteiger partial charge < -0.3 is 15.7 Å². The summed E-state index contributed by atoms with van der Waals surface area (Å²) in [5.74, 6) is -2.29. The van der Waals surface area contributed by atoms with Gasteiger partial charge in [-0.05, 0) is 65.2 Å². The van der Waals surface area contributed by atoms with Crippen LogP contribution in [0.25, 0.3) is 0 Å². The predicted octanol–water partition coefficient (Wildman–Crippen LogP) is 3.33. The Bertz CT molecular complexity index is 752. The number of benzene rings is 1. The summed E-state index contributed by atoms with van der Waals surface area (Å²) in [6, 6.07) is 3.61. The smallest absolute Gasteiger partial charge is 0.313 e. The van der Waals surface area contributed by atoms with E-state index in [2.05, 4.69) is 43.2 Å². The van der Waals surface area contributed by atoms with E-state index in [9.17, 15) is 19.1 Å². The highest BCUT2D eigenvalue weighted by molar-refractivity contribution is 6.39. The van der Waals surface area contributed by atoms with Crippen LogP contribution in [0.2, 0.25) is 5.02 Å². The molecule has 1 saturated heterocycles. The Morgan fingerprint density at radius 2 is 1.83 bits per heavy atom. The molecule has 2 rings (SSSR count). The van der Waals surface area contributed by atoms with Crippen LogP contribution in [0.15, 0.2) is 18.2 Å². The number of nitrogens with zero attached hydrogens (tertiary/aromatic N) is 1. The number of aliphatic hydroxyl groups is 1. The first-order valence-corrected chi connectivity index (χ1v) is 10.3. The number of hydrogen-bond donors (Lipinski definition) is 3. The van der Waals surface area contributed by atoms with Crippen LogP contribution in [0.5, 0.6) is 0 Å². The SMILES string of the molecule is CCC(O)CN1C(C)(C)CC(NC(=O)C(=O)Nc2ccc(Cl)c(F)c2)CC1(C)C. The highest BCUT2D eigenvalue weighted by atomic mass is 35.5. The third kappa shape index (κ3) is 5.90. The molecule has 1 aliphatic heterocycles. The van der Waals surface area contributed by atoms with Crippen molar-refractivity contribution in [2.24, 2.45) is 0 Å². The maximum atomic E-state index is 13.5. The number of likely N-dealkylation sites (tertiary alicyclic amines) is 1. The van der Waals surface area contributed by atoms with Gasteiger partial charge in [-0.25, -0.2) is 4.39 Å². The number of anilines is 1. The van der Waals surface area contributed by atoms with Crippen molar-refractivity contribution in [2.45, 2.75) is 77.1 Å². The Labute approximate surface area is 176 Å². The van der Waals surface area contributed by atoms with Crippen molar-refractivity contribution in [1.82, 2.24) is 10.2 Å². The summed E-state index contributed by atoms with van der Waals surface area (Å²) < 4.78 is 13.5. The summed E-state index contributed by atoms with van der Waals surface area (Å²) in [6.07, 6.45) is 1.54. The molecule has 0 saturated carbocycles. The molecule has 6 nitrogen and oxygen atoms in total.